The minimum absolute atomic E-state index is 0.106. The van der Waals surface area contributed by atoms with Crippen LogP contribution in [-0.2, 0) is 19.2 Å². The summed E-state index contributed by atoms with van der Waals surface area (Å²) in [5.41, 5.74) is -3.11. The number of fused-ring (bicyclic) bond motifs is 4. The molecule has 32 heavy (non-hydrogen) atoms. The number of hydrogen-bond donors (Lipinski definition) is 0. The van der Waals surface area contributed by atoms with Crippen LogP contribution in [0.4, 0.5) is 11.4 Å². The second kappa shape index (κ2) is 6.40. The highest BCUT2D eigenvalue weighted by molar-refractivity contribution is 6.30. The summed E-state index contributed by atoms with van der Waals surface area (Å²) in [7, 11) is 0. The number of non-ortho nitro benzene ring substituents is 1. The van der Waals surface area contributed by atoms with E-state index in [1.807, 2.05) is 0 Å². The first-order chi connectivity index (χ1) is 14.8. The van der Waals surface area contributed by atoms with Crippen LogP contribution < -0.4 is 4.90 Å². The highest BCUT2D eigenvalue weighted by Crippen LogP contribution is 2.71. The molecule has 2 saturated heterocycles. The van der Waals surface area contributed by atoms with Crippen molar-refractivity contribution in [3.63, 3.8) is 0 Å². The number of likely N-dealkylation sites (tertiary alicyclic amines) is 1. The van der Waals surface area contributed by atoms with E-state index >= 15 is 0 Å². The van der Waals surface area contributed by atoms with Gasteiger partial charge in [0.05, 0.1) is 33.3 Å². The quantitative estimate of drug-likeness (QED) is 0.371. The van der Waals surface area contributed by atoms with Crippen LogP contribution in [0.25, 0.3) is 0 Å². The number of imide groups is 2. The molecule has 12 heteroatoms. The molecule has 0 spiro atoms. The van der Waals surface area contributed by atoms with E-state index in [1.165, 1.54) is 39.8 Å². The molecule has 1 aromatic rings. The predicted octanol–water partition coefficient (Wildman–Crippen LogP) is 1.15. The number of nitro benzene ring substituents is 1. The number of nitrogens with zero attached hydrogens (tertiary/aromatic N) is 4. The number of benzene rings is 1. The van der Waals surface area contributed by atoms with Crippen molar-refractivity contribution in [3.8, 4) is 0 Å². The SMILES string of the molecule is CC([C@@H](C)[N+](=O)[O-])N1C(=O)C2C3(C)C(=O)N(c4ccc([N+](=O)[O-])cc4)C(=O)C3C2(C)C1=O. The minimum atomic E-state index is -1.50. The van der Waals surface area contributed by atoms with E-state index in [1.54, 1.807) is 0 Å². The van der Waals surface area contributed by atoms with E-state index in [9.17, 15) is 39.4 Å². The Morgan fingerprint density at radius 1 is 0.875 bits per heavy atom. The van der Waals surface area contributed by atoms with E-state index in [0.717, 1.165) is 21.9 Å². The molecule has 1 saturated carbocycles. The Morgan fingerprint density at radius 3 is 1.88 bits per heavy atom. The largest absolute Gasteiger partial charge is 0.274 e. The molecule has 4 rings (SSSR count). The fourth-order valence-corrected chi connectivity index (χ4v) is 5.72. The van der Waals surface area contributed by atoms with Crippen LogP contribution in [0.1, 0.15) is 27.7 Å². The zero-order chi connectivity index (χ0) is 23.9. The highest BCUT2D eigenvalue weighted by Gasteiger charge is 2.86. The van der Waals surface area contributed by atoms with E-state index in [2.05, 4.69) is 0 Å². The van der Waals surface area contributed by atoms with E-state index in [-0.39, 0.29) is 11.4 Å². The van der Waals surface area contributed by atoms with Crippen molar-refractivity contribution in [1.82, 2.24) is 4.90 Å². The van der Waals surface area contributed by atoms with E-state index in [0.29, 0.717) is 0 Å². The van der Waals surface area contributed by atoms with Gasteiger partial charge < -0.3 is 0 Å². The number of carbonyl (C=O) groups excluding carboxylic acids is 4. The molecule has 3 fully saturated rings. The van der Waals surface area contributed by atoms with Gasteiger partial charge in [0.25, 0.3) is 5.69 Å². The summed E-state index contributed by atoms with van der Waals surface area (Å²) in [5, 5.41) is 22.1. The average Bonchev–Trinajstić information content (AvgIpc) is 3.00. The lowest BCUT2D eigenvalue weighted by molar-refractivity contribution is -0.523. The average molecular weight is 444 g/mol. The number of amides is 4. The van der Waals surface area contributed by atoms with Gasteiger partial charge in [-0.15, -0.1) is 0 Å². The summed E-state index contributed by atoms with van der Waals surface area (Å²) in [6, 6.07) is 2.56. The molecule has 1 aromatic carbocycles. The molecule has 2 heterocycles. The maximum Gasteiger partial charge on any atom is 0.269 e. The molecule has 3 aliphatic rings. The third-order valence-electron chi connectivity index (χ3n) is 7.45. The van der Waals surface area contributed by atoms with Gasteiger partial charge in [0, 0.05) is 24.0 Å². The smallest absolute Gasteiger partial charge is 0.269 e. The zero-order valence-corrected chi connectivity index (χ0v) is 17.7. The lowest BCUT2D eigenvalue weighted by atomic mass is 9.41. The zero-order valence-electron chi connectivity index (χ0n) is 17.7. The molecule has 1 aliphatic carbocycles. The number of nitro groups is 2. The Labute approximate surface area is 181 Å². The highest BCUT2D eigenvalue weighted by atomic mass is 16.6. The molecule has 6 atom stereocenters. The molecule has 0 bridgehead atoms. The normalized spacial score (nSPS) is 33.0. The first kappa shape index (κ1) is 21.5. The van der Waals surface area contributed by atoms with Gasteiger partial charge in [0.2, 0.25) is 29.7 Å². The standard InChI is InChI=1S/C20H20N4O8/c1-9(10(2)23(29)30)21-15(25)13-19(3,17(21)27)14-16(26)22(18(28)20(13,14)4)11-5-7-12(8-6-11)24(31)32/h5-10,13-14H,1-4H3/t9?,10-,13?,14?,19?,20?/m1/s1. The summed E-state index contributed by atoms with van der Waals surface area (Å²) in [5.74, 6) is -5.02. The van der Waals surface area contributed by atoms with Crippen molar-refractivity contribution in [3.05, 3.63) is 44.5 Å². The van der Waals surface area contributed by atoms with E-state index in [4.69, 9.17) is 0 Å². The summed E-state index contributed by atoms with van der Waals surface area (Å²) in [6.07, 6.45) is 0. The molecule has 12 nitrogen and oxygen atoms in total. The molecule has 168 valence electrons. The monoisotopic (exact) mass is 444 g/mol. The van der Waals surface area contributed by atoms with Crippen molar-refractivity contribution in [1.29, 1.82) is 0 Å². The Kier molecular flexibility index (Phi) is 4.31. The van der Waals surface area contributed by atoms with E-state index < -0.39 is 68.2 Å². The molecule has 0 radical (unpaired) electrons. The number of rotatable bonds is 5. The first-order valence-electron chi connectivity index (χ1n) is 9.95. The summed E-state index contributed by atoms with van der Waals surface area (Å²) < 4.78 is 0. The number of anilines is 1. The lowest BCUT2D eigenvalue weighted by Gasteiger charge is -2.53. The minimum Gasteiger partial charge on any atom is -0.274 e. The molecular formula is C20H20N4O8. The van der Waals surface area contributed by atoms with Crippen LogP contribution in [0.3, 0.4) is 0 Å². The van der Waals surface area contributed by atoms with Crippen LogP contribution in [0, 0.1) is 42.9 Å². The van der Waals surface area contributed by atoms with Crippen molar-refractivity contribution >= 4 is 35.0 Å². The van der Waals surface area contributed by atoms with Crippen LogP contribution in [0.15, 0.2) is 24.3 Å². The second-order valence-corrected chi connectivity index (χ2v) is 8.96. The van der Waals surface area contributed by atoms with Crippen molar-refractivity contribution in [2.45, 2.75) is 39.8 Å². The predicted molar refractivity (Wildman–Crippen MR) is 107 cm³/mol. The van der Waals surface area contributed by atoms with Crippen LogP contribution in [-0.4, -0.2) is 50.5 Å². The van der Waals surface area contributed by atoms with Gasteiger partial charge in [0.15, 0.2) is 0 Å². The lowest BCUT2D eigenvalue weighted by Crippen LogP contribution is -2.65. The summed E-state index contributed by atoms with van der Waals surface area (Å²) in [4.78, 5) is 75.8. The first-order valence-corrected chi connectivity index (χ1v) is 9.95. The van der Waals surface area contributed by atoms with Crippen molar-refractivity contribution in [2.75, 3.05) is 4.90 Å². The third kappa shape index (κ3) is 2.26. The fourth-order valence-electron chi connectivity index (χ4n) is 5.72. The van der Waals surface area contributed by atoms with Crippen LogP contribution >= 0.6 is 0 Å². The number of hydrogen-bond acceptors (Lipinski definition) is 8. The summed E-state index contributed by atoms with van der Waals surface area (Å²) in [6.45, 7) is 5.57. The Balaban J connectivity index is 1.73. The fraction of sp³-hybridized carbons (Fsp3) is 0.500. The van der Waals surface area contributed by atoms with Gasteiger partial charge in [-0.05, 0) is 32.9 Å². The molecule has 0 aromatic heterocycles. The Bertz CT molecular complexity index is 1120. The molecular weight excluding hydrogens is 424 g/mol. The summed E-state index contributed by atoms with van der Waals surface area (Å²) >= 11 is 0. The second-order valence-electron chi connectivity index (χ2n) is 8.96. The molecule has 4 amide bonds. The van der Waals surface area contributed by atoms with Crippen LogP contribution in [0.5, 0.6) is 0 Å². The Morgan fingerprint density at radius 2 is 1.38 bits per heavy atom. The topological polar surface area (TPSA) is 161 Å². The molecule has 0 N–H and O–H groups in total. The van der Waals surface area contributed by atoms with Gasteiger partial charge in [0.1, 0.15) is 6.04 Å². The maximum absolute atomic E-state index is 13.4. The van der Waals surface area contributed by atoms with Crippen LogP contribution in [0.2, 0.25) is 0 Å². The van der Waals surface area contributed by atoms with Gasteiger partial charge in [-0.3, -0.25) is 44.3 Å². The van der Waals surface area contributed by atoms with Gasteiger partial charge in [-0.25, -0.2) is 4.90 Å². The van der Waals surface area contributed by atoms with Gasteiger partial charge in [-0.1, -0.05) is 0 Å². The molecule has 5 unspecified atom stereocenters. The van der Waals surface area contributed by atoms with Crippen molar-refractivity contribution in [2.24, 2.45) is 22.7 Å². The Hall–Kier alpha value is -3.70. The molecule has 2 aliphatic heterocycles. The maximum atomic E-state index is 13.4. The van der Waals surface area contributed by atoms with Crippen molar-refractivity contribution < 1.29 is 29.0 Å². The van der Waals surface area contributed by atoms with Gasteiger partial charge in [-0.2, -0.15) is 0 Å². The number of carbonyl (C=O) groups is 4. The third-order valence-corrected chi connectivity index (χ3v) is 7.45. The van der Waals surface area contributed by atoms with Gasteiger partial charge >= 0.3 is 0 Å².